The number of halogens is 1. The van der Waals surface area contributed by atoms with Crippen molar-refractivity contribution in [2.45, 2.75) is 136 Å². The number of hydrogen-bond donors (Lipinski definition) is 0. The van der Waals surface area contributed by atoms with Crippen molar-refractivity contribution >= 4 is 22.6 Å². The van der Waals surface area contributed by atoms with Crippen LogP contribution in [0.2, 0.25) is 0 Å². The molecule has 0 nitrogen and oxygen atoms in total. The average molecular weight is 451 g/mol. The zero-order valence-electron chi connectivity index (χ0n) is 17.1. The van der Waals surface area contributed by atoms with E-state index in [9.17, 15) is 0 Å². The van der Waals surface area contributed by atoms with Gasteiger partial charge in [0.05, 0.1) is 0 Å². The Bertz CT molecular complexity index is 214. The van der Waals surface area contributed by atoms with E-state index in [0.717, 1.165) is 5.92 Å². The Kier molecular flexibility index (Phi) is 22.4. The molecule has 0 aromatic heterocycles. The highest BCUT2D eigenvalue weighted by atomic mass is 127. The number of alkyl halides is 1. The van der Waals surface area contributed by atoms with Crippen molar-refractivity contribution in [1.82, 2.24) is 0 Å². The largest absolute Gasteiger partial charge is 0.0864 e. The summed E-state index contributed by atoms with van der Waals surface area (Å²) in [5.74, 6) is 0.964. The SMILES string of the molecule is CCCCCCCCCCCCCCCCCC[C@@H](C)CCCI. The monoisotopic (exact) mass is 450 g/mol. The van der Waals surface area contributed by atoms with Crippen LogP contribution in [0.15, 0.2) is 0 Å². The Morgan fingerprint density at radius 1 is 0.500 bits per heavy atom. The summed E-state index contributed by atoms with van der Waals surface area (Å²) in [6, 6.07) is 0. The van der Waals surface area contributed by atoms with Crippen molar-refractivity contribution in [3.05, 3.63) is 0 Å². The van der Waals surface area contributed by atoms with Crippen molar-refractivity contribution in [3.63, 3.8) is 0 Å². The molecule has 1 atom stereocenters. The van der Waals surface area contributed by atoms with Crippen molar-refractivity contribution in [2.75, 3.05) is 4.43 Å². The average Bonchev–Trinajstić information content (AvgIpc) is 2.59. The molecule has 0 bridgehead atoms. The predicted molar refractivity (Wildman–Crippen MR) is 121 cm³/mol. The minimum absolute atomic E-state index is 0.964. The maximum Gasteiger partial charge on any atom is -0.000463 e. The zero-order chi connectivity index (χ0) is 17.7. The molecule has 0 heterocycles. The lowest BCUT2D eigenvalue weighted by Gasteiger charge is -2.09. The maximum absolute atomic E-state index is 2.50. The fraction of sp³-hybridized carbons (Fsp3) is 1.00. The van der Waals surface area contributed by atoms with E-state index >= 15 is 0 Å². The van der Waals surface area contributed by atoms with Gasteiger partial charge in [-0.15, -0.1) is 0 Å². The van der Waals surface area contributed by atoms with E-state index in [1.807, 2.05) is 0 Å². The third kappa shape index (κ3) is 20.8. The zero-order valence-corrected chi connectivity index (χ0v) is 19.3. The molecule has 0 unspecified atom stereocenters. The summed E-state index contributed by atoms with van der Waals surface area (Å²) in [5.41, 5.74) is 0. The van der Waals surface area contributed by atoms with Gasteiger partial charge in [0.15, 0.2) is 0 Å². The van der Waals surface area contributed by atoms with Crippen LogP contribution >= 0.6 is 22.6 Å². The molecule has 0 fully saturated rings. The second kappa shape index (κ2) is 21.8. The van der Waals surface area contributed by atoms with Crippen LogP contribution in [0.25, 0.3) is 0 Å². The molecule has 0 N–H and O–H groups in total. The predicted octanol–water partition coefficient (Wildman–Crippen LogP) is 9.49. The Labute approximate surface area is 168 Å². The summed E-state index contributed by atoms with van der Waals surface area (Å²) in [6.07, 6.45) is 27.9. The summed E-state index contributed by atoms with van der Waals surface area (Å²) in [5, 5.41) is 0. The van der Waals surface area contributed by atoms with Gasteiger partial charge in [-0.1, -0.05) is 146 Å². The Morgan fingerprint density at radius 3 is 1.21 bits per heavy atom. The van der Waals surface area contributed by atoms with Crippen molar-refractivity contribution < 1.29 is 0 Å². The highest BCUT2D eigenvalue weighted by Crippen LogP contribution is 2.17. The van der Waals surface area contributed by atoms with Crippen LogP contribution in [-0.2, 0) is 0 Å². The first-order valence-electron chi connectivity index (χ1n) is 11.4. The quantitative estimate of drug-likeness (QED) is 0.0984. The van der Waals surface area contributed by atoms with Gasteiger partial charge in [0, 0.05) is 0 Å². The number of hydrogen-bond acceptors (Lipinski definition) is 0. The van der Waals surface area contributed by atoms with E-state index in [2.05, 4.69) is 36.4 Å². The molecule has 0 aromatic carbocycles. The molecule has 24 heavy (non-hydrogen) atoms. The molecule has 0 aromatic rings. The Hall–Kier alpha value is 0.730. The summed E-state index contributed by atoms with van der Waals surface area (Å²) < 4.78 is 1.33. The van der Waals surface area contributed by atoms with Gasteiger partial charge in [-0.3, -0.25) is 0 Å². The van der Waals surface area contributed by atoms with Gasteiger partial charge in [0.25, 0.3) is 0 Å². The van der Waals surface area contributed by atoms with Crippen molar-refractivity contribution in [2.24, 2.45) is 5.92 Å². The van der Waals surface area contributed by atoms with Crippen LogP contribution in [0.1, 0.15) is 136 Å². The molecule has 1 heteroatoms. The van der Waals surface area contributed by atoms with Gasteiger partial charge in [0.2, 0.25) is 0 Å². The fourth-order valence-corrected chi connectivity index (χ4v) is 4.05. The molecule has 0 spiro atoms. The highest BCUT2D eigenvalue weighted by Gasteiger charge is 2.01. The molecule has 0 aliphatic heterocycles. The molecule has 0 aliphatic rings. The van der Waals surface area contributed by atoms with Crippen molar-refractivity contribution in [1.29, 1.82) is 0 Å². The van der Waals surface area contributed by atoms with Crippen LogP contribution < -0.4 is 0 Å². The topological polar surface area (TPSA) is 0 Å². The molecular weight excluding hydrogens is 403 g/mol. The van der Waals surface area contributed by atoms with Crippen molar-refractivity contribution in [3.8, 4) is 0 Å². The molecule has 0 saturated heterocycles. The lowest BCUT2D eigenvalue weighted by molar-refractivity contribution is 0.452. The minimum Gasteiger partial charge on any atom is -0.0864 e. The van der Waals surface area contributed by atoms with Crippen LogP contribution in [0.4, 0.5) is 0 Å². The smallest absolute Gasteiger partial charge is 0.000463 e. The van der Waals surface area contributed by atoms with Crippen LogP contribution in [-0.4, -0.2) is 4.43 Å². The Morgan fingerprint density at radius 2 is 0.833 bits per heavy atom. The van der Waals surface area contributed by atoms with Gasteiger partial charge < -0.3 is 0 Å². The normalized spacial score (nSPS) is 12.6. The first-order valence-corrected chi connectivity index (χ1v) is 12.9. The number of rotatable bonds is 20. The summed E-state index contributed by atoms with van der Waals surface area (Å²) >= 11 is 2.50. The first kappa shape index (κ1) is 24.7. The lowest BCUT2D eigenvalue weighted by Crippen LogP contribution is -1.95. The first-order chi connectivity index (χ1) is 11.8. The maximum atomic E-state index is 2.50. The van der Waals surface area contributed by atoms with Crippen LogP contribution in [0, 0.1) is 5.92 Å². The molecule has 146 valence electrons. The van der Waals surface area contributed by atoms with Gasteiger partial charge >= 0.3 is 0 Å². The second-order valence-corrected chi connectivity index (χ2v) is 9.11. The summed E-state index contributed by atoms with van der Waals surface area (Å²) in [4.78, 5) is 0. The molecule has 0 aliphatic carbocycles. The van der Waals surface area contributed by atoms with E-state index in [1.54, 1.807) is 0 Å². The van der Waals surface area contributed by atoms with Gasteiger partial charge in [-0.25, -0.2) is 0 Å². The fourth-order valence-electron chi connectivity index (χ4n) is 3.61. The van der Waals surface area contributed by atoms with Gasteiger partial charge in [-0.2, -0.15) is 0 Å². The van der Waals surface area contributed by atoms with Crippen LogP contribution in [0.3, 0.4) is 0 Å². The van der Waals surface area contributed by atoms with Gasteiger partial charge in [0.1, 0.15) is 0 Å². The summed E-state index contributed by atoms with van der Waals surface area (Å²) in [7, 11) is 0. The standard InChI is InChI=1S/C23H47I/c1-3-4-5-6-7-8-9-10-11-12-13-14-15-16-17-18-20-23(2)21-19-22-24/h23H,3-22H2,1-2H3/t23-/m1/s1. The molecule has 0 amide bonds. The minimum atomic E-state index is 0.964. The van der Waals surface area contributed by atoms with Crippen LogP contribution in [0.5, 0.6) is 0 Å². The van der Waals surface area contributed by atoms with E-state index < -0.39 is 0 Å². The number of unbranched alkanes of at least 4 members (excludes halogenated alkanes) is 15. The molecule has 0 radical (unpaired) electrons. The highest BCUT2D eigenvalue weighted by molar-refractivity contribution is 14.1. The van der Waals surface area contributed by atoms with E-state index in [1.165, 1.54) is 126 Å². The third-order valence-electron chi connectivity index (χ3n) is 5.38. The summed E-state index contributed by atoms with van der Waals surface area (Å²) in [6.45, 7) is 4.74. The van der Waals surface area contributed by atoms with Gasteiger partial charge in [-0.05, 0) is 23.2 Å². The van der Waals surface area contributed by atoms with E-state index in [-0.39, 0.29) is 0 Å². The Balaban J connectivity index is 3.02. The second-order valence-electron chi connectivity index (χ2n) is 8.03. The molecule has 0 rings (SSSR count). The third-order valence-corrected chi connectivity index (χ3v) is 6.14. The van der Waals surface area contributed by atoms with E-state index in [4.69, 9.17) is 0 Å². The lowest BCUT2D eigenvalue weighted by atomic mass is 9.98. The molecule has 0 saturated carbocycles. The van der Waals surface area contributed by atoms with E-state index in [0.29, 0.717) is 0 Å². The molecular formula is C23H47I.